The third kappa shape index (κ3) is 4.53. The molecular formula is C19H28N2. The average molecular weight is 284 g/mol. The summed E-state index contributed by atoms with van der Waals surface area (Å²) in [4.78, 5) is 4.58. The molecule has 0 spiro atoms. The van der Waals surface area contributed by atoms with Crippen molar-refractivity contribution in [1.29, 1.82) is 0 Å². The monoisotopic (exact) mass is 284 g/mol. The summed E-state index contributed by atoms with van der Waals surface area (Å²) < 4.78 is 0. The first kappa shape index (κ1) is 16.0. The van der Waals surface area contributed by atoms with Gasteiger partial charge in [0, 0.05) is 17.1 Å². The highest BCUT2D eigenvalue weighted by Crippen LogP contribution is 2.23. The van der Waals surface area contributed by atoms with E-state index in [-0.39, 0.29) is 0 Å². The van der Waals surface area contributed by atoms with Crippen molar-refractivity contribution in [3.8, 4) is 0 Å². The van der Waals surface area contributed by atoms with Gasteiger partial charge in [0.05, 0.1) is 5.52 Å². The maximum absolute atomic E-state index is 4.58. The van der Waals surface area contributed by atoms with Crippen molar-refractivity contribution >= 4 is 10.9 Å². The lowest BCUT2D eigenvalue weighted by molar-refractivity contribution is 0.501. The van der Waals surface area contributed by atoms with Gasteiger partial charge < -0.3 is 5.32 Å². The number of aryl methyl sites for hydroxylation is 1. The van der Waals surface area contributed by atoms with Crippen LogP contribution in [0.3, 0.4) is 0 Å². The van der Waals surface area contributed by atoms with Gasteiger partial charge in [-0.1, -0.05) is 51.2 Å². The molecule has 1 N–H and O–H groups in total. The topological polar surface area (TPSA) is 24.9 Å². The Morgan fingerprint density at radius 1 is 1.05 bits per heavy atom. The van der Waals surface area contributed by atoms with Crippen molar-refractivity contribution in [2.24, 2.45) is 0 Å². The summed E-state index contributed by atoms with van der Waals surface area (Å²) in [5, 5.41) is 4.71. The van der Waals surface area contributed by atoms with E-state index in [9.17, 15) is 0 Å². The summed E-state index contributed by atoms with van der Waals surface area (Å²) in [6, 6.07) is 11.4. The molecule has 1 atom stereocenters. The molecular weight excluding hydrogens is 256 g/mol. The van der Waals surface area contributed by atoms with E-state index in [0.29, 0.717) is 6.04 Å². The highest BCUT2D eigenvalue weighted by atomic mass is 14.9. The number of pyridine rings is 1. The van der Waals surface area contributed by atoms with Gasteiger partial charge in [-0.3, -0.25) is 4.98 Å². The third-order valence-corrected chi connectivity index (χ3v) is 4.20. The van der Waals surface area contributed by atoms with Crippen LogP contribution in [0, 0.1) is 6.92 Å². The summed E-state index contributed by atoms with van der Waals surface area (Å²) in [7, 11) is 2.06. The second-order valence-electron chi connectivity index (χ2n) is 5.95. The van der Waals surface area contributed by atoms with Crippen LogP contribution < -0.4 is 5.32 Å². The first-order valence-electron chi connectivity index (χ1n) is 8.29. The Labute approximate surface area is 129 Å². The van der Waals surface area contributed by atoms with E-state index < -0.39 is 0 Å². The van der Waals surface area contributed by atoms with E-state index in [2.05, 4.69) is 54.6 Å². The lowest BCUT2D eigenvalue weighted by Crippen LogP contribution is -2.16. The molecule has 0 fully saturated rings. The largest absolute Gasteiger partial charge is 0.313 e. The molecule has 2 nitrogen and oxygen atoms in total. The van der Waals surface area contributed by atoms with Crippen LogP contribution in [0.5, 0.6) is 0 Å². The quantitative estimate of drug-likeness (QED) is 0.677. The van der Waals surface area contributed by atoms with Crippen LogP contribution in [-0.4, -0.2) is 12.0 Å². The number of aromatic nitrogens is 1. The minimum Gasteiger partial charge on any atom is -0.313 e. The van der Waals surface area contributed by atoms with Crippen molar-refractivity contribution in [1.82, 2.24) is 10.3 Å². The molecule has 0 amide bonds. The van der Waals surface area contributed by atoms with Gasteiger partial charge in [-0.05, 0) is 44.2 Å². The predicted molar refractivity (Wildman–Crippen MR) is 91.7 cm³/mol. The zero-order valence-corrected chi connectivity index (χ0v) is 13.7. The zero-order valence-electron chi connectivity index (χ0n) is 13.7. The van der Waals surface area contributed by atoms with E-state index >= 15 is 0 Å². The molecule has 0 aliphatic carbocycles. The summed E-state index contributed by atoms with van der Waals surface area (Å²) in [5.74, 6) is 0. The van der Waals surface area contributed by atoms with Gasteiger partial charge in [-0.25, -0.2) is 0 Å². The number of rotatable bonds is 8. The van der Waals surface area contributed by atoms with E-state index in [0.717, 1.165) is 11.2 Å². The Kier molecular flexibility index (Phi) is 6.19. The SMILES string of the molecule is CCCCCCCC(NC)c1ccc2nc(C)ccc2c1. The highest BCUT2D eigenvalue weighted by Gasteiger charge is 2.09. The van der Waals surface area contributed by atoms with E-state index in [4.69, 9.17) is 0 Å². The molecule has 0 radical (unpaired) electrons. The first-order valence-corrected chi connectivity index (χ1v) is 8.29. The number of hydrogen-bond donors (Lipinski definition) is 1. The fraction of sp³-hybridized carbons (Fsp3) is 0.526. The normalized spacial score (nSPS) is 12.7. The number of nitrogens with zero attached hydrogens (tertiary/aromatic N) is 1. The Hall–Kier alpha value is -1.41. The van der Waals surface area contributed by atoms with Gasteiger partial charge in [-0.15, -0.1) is 0 Å². The Morgan fingerprint density at radius 3 is 2.62 bits per heavy atom. The Morgan fingerprint density at radius 2 is 1.86 bits per heavy atom. The second-order valence-corrected chi connectivity index (χ2v) is 5.95. The van der Waals surface area contributed by atoms with Crippen molar-refractivity contribution in [3.63, 3.8) is 0 Å². The van der Waals surface area contributed by atoms with Gasteiger partial charge in [-0.2, -0.15) is 0 Å². The minimum absolute atomic E-state index is 0.456. The number of unbranched alkanes of at least 4 members (excludes halogenated alkanes) is 4. The van der Waals surface area contributed by atoms with Gasteiger partial charge in [0.1, 0.15) is 0 Å². The van der Waals surface area contributed by atoms with Gasteiger partial charge in [0.2, 0.25) is 0 Å². The van der Waals surface area contributed by atoms with Crippen molar-refractivity contribution in [2.75, 3.05) is 7.05 Å². The molecule has 0 saturated heterocycles. The van der Waals surface area contributed by atoms with Crippen LogP contribution in [0.4, 0.5) is 0 Å². The second kappa shape index (κ2) is 8.14. The van der Waals surface area contributed by atoms with Crippen LogP contribution >= 0.6 is 0 Å². The number of fused-ring (bicyclic) bond motifs is 1. The van der Waals surface area contributed by atoms with Crippen molar-refractivity contribution in [3.05, 3.63) is 41.6 Å². The fourth-order valence-corrected chi connectivity index (χ4v) is 2.89. The molecule has 2 rings (SSSR count). The van der Waals surface area contributed by atoms with Crippen molar-refractivity contribution < 1.29 is 0 Å². The zero-order chi connectivity index (χ0) is 15.1. The molecule has 1 heterocycles. The van der Waals surface area contributed by atoms with Gasteiger partial charge in [0.15, 0.2) is 0 Å². The van der Waals surface area contributed by atoms with Crippen LogP contribution in [0.2, 0.25) is 0 Å². The Balaban J connectivity index is 2.02. The molecule has 0 saturated carbocycles. The molecule has 1 aromatic carbocycles. The van der Waals surface area contributed by atoms with Crippen LogP contribution in [0.1, 0.15) is 62.7 Å². The number of hydrogen-bond acceptors (Lipinski definition) is 2. The maximum Gasteiger partial charge on any atom is 0.0705 e. The van der Waals surface area contributed by atoms with Crippen molar-refractivity contribution in [2.45, 2.75) is 58.4 Å². The van der Waals surface area contributed by atoms with E-state index in [1.165, 1.54) is 49.5 Å². The molecule has 0 aliphatic rings. The Bertz CT molecular complexity index is 562. The maximum atomic E-state index is 4.58. The molecule has 21 heavy (non-hydrogen) atoms. The van der Waals surface area contributed by atoms with Gasteiger partial charge >= 0.3 is 0 Å². The average Bonchev–Trinajstić information content (AvgIpc) is 2.50. The molecule has 2 heteroatoms. The molecule has 114 valence electrons. The molecule has 0 aliphatic heterocycles. The smallest absolute Gasteiger partial charge is 0.0705 e. The first-order chi connectivity index (χ1) is 10.2. The lowest BCUT2D eigenvalue weighted by atomic mass is 9.98. The van der Waals surface area contributed by atoms with E-state index in [1.54, 1.807) is 0 Å². The third-order valence-electron chi connectivity index (χ3n) is 4.20. The molecule has 0 bridgehead atoms. The molecule has 1 aromatic heterocycles. The predicted octanol–water partition coefficient (Wildman–Crippen LogP) is 5.16. The minimum atomic E-state index is 0.456. The molecule has 2 aromatic rings. The summed E-state index contributed by atoms with van der Waals surface area (Å²) in [6.45, 7) is 4.31. The van der Waals surface area contributed by atoms with Crippen LogP contribution in [-0.2, 0) is 0 Å². The summed E-state index contributed by atoms with van der Waals surface area (Å²) in [5.41, 5.74) is 3.55. The highest BCUT2D eigenvalue weighted by molar-refractivity contribution is 5.79. The summed E-state index contributed by atoms with van der Waals surface area (Å²) >= 11 is 0. The fourth-order valence-electron chi connectivity index (χ4n) is 2.89. The van der Waals surface area contributed by atoms with Crippen LogP contribution in [0.25, 0.3) is 10.9 Å². The lowest BCUT2D eigenvalue weighted by Gasteiger charge is -2.17. The number of nitrogens with one attached hydrogen (secondary N) is 1. The standard InChI is InChI=1S/C19H28N2/c1-4-5-6-7-8-9-18(20-3)16-12-13-19-17(14-16)11-10-15(2)21-19/h10-14,18,20H,4-9H2,1-3H3. The summed E-state index contributed by atoms with van der Waals surface area (Å²) in [6.07, 6.45) is 7.91. The number of benzene rings is 1. The van der Waals surface area contributed by atoms with E-state index in [1.807, 2.05) is 6.92 Å². The van der Waals surface area contributed by atoms with Gasteiger partial charge in [0.25, 0.3) is 0 Å². The molecule has 1 unspecified atom stereocenters. The van der Waals surface area contributed by atoms with Crippen LogP contribution in [0.15, 0.2) is 30.3 Å².